The SMILES string of the molecule is CC[C@H]1COc2cc(C(=O)N[C@@H]3C[C@@H]4CCN(C4)C3)ccc2O1. The Labute approximate surface area is 136 Å². The molecular weight excluding hydrogens is 292 g/mol. The summed E-state index contributed by atoms with van der Waals surface area (Å²) in [6, 6.07) is 5.74. The van der Waals surface area contributed by atoms with Gasteiger partial charge in [0.25, 0.3) is 5.91 Å². The summed E-state index contributed by atoms with van der Waals surface area (Å²) >= 11 is 0. The van der Waals surface area contributed by atoms with Gasteiger partial charge in [-0.3, -0.25) is 4.79 Å². The third-order valence-corrected chi connectivity index (χ3v) is 5.18. The van der Waals surface area contributed by atoms with Crippen molar-refractivity contribution >= 4 is 5.91 Å². The van der Waals surface area contributed by atoms with E-state index in [0.29, 0.717) is 17.9 Å². The van der Waals surface area contributed by atoms with E-state index in [1.54, 1.807) is 6.07 Å². The smallest absolute Gasteiger partial charge is 0.251 e. The van der Waals surface area contributed by atoms with Crippen molar-refractivity contribution in [3.8, 4) is 11.5 Å². The predicted molar refractivity (Wildman–Crippen MR) is 87.1 cm³/mol. The Balaban J connectivity index is 1.43. The maximum absolute atomic E-state index is 12.5. The van der Waals surface area contributed by atoms with Crippen molar-refractivity contribution in [3.05, 3.63) is 23.8 Å². The van der Waals surface area contributed by atoms with E-state index in [2.05, 4.69) is 17.1 Å². The second kappa shape index (κ2) is 6.04. The first kappa shape index (κ1) is 14.8. The predicted octanol–water partition coefficient (Wildman–Crippen LogP) is 2.06. The van der Waals surface area contributed by atoms with Gasteiger partial charge in [-0.1, -0.05) is 6.92 Å². The lowest BCUT2D eigenvalue weighted by molar-refractivity contribution is 0.0867. The van der Waals surface area contributed by atoms with Crippen molar-refractivity contribution in [2.24, 2.45) is 5.92 Å². The van der Waals surface area contributed by atoms with Gasteiger partial charge in [-0.2, -0.15) is 0 Å². The van der Waals surface area contributed by atoms with E-state index in [0.717, 1.165) is 31.1 Å². The summed E-state index contributed by atoms with van der Waals surface area (Å²) < 4.78 is 11.6. The molecule has 124 valence electrons. The van der Waals surface area contributed by atoms with Crippen LogP contribution in [0.3, 0.4) is 0 Å². The summed E-state index contributed by atoms with van der Waals surface area (Å²) in [5.41, 5.74) is 0.648. The number of benzene rings is 1. The average molecular weight is 316 g/mol. The summed E-state index contributed by atoms with van der Waals surface area (Å²) in [6.07, 6.45) is 3.40. The lowest BCUT2D eigenvalue weighted by Crippen LogP contribution is -2.47. The average Bonchev–Trinajstić information content (AvgIpc) is 2.92. The van der Waals surface area contributed by atoms with Crippen LogP contribution in [0.4, 0.5) is 0 Å². The highest BCUT2D eigenvalue weighted by Gasteiger charge is 2.33. The normalized spacial score (nSPS) is 31.7. The molecular formula is C18H24N2O3. The zero-order valence-corrected chi connectivity index (χ0v) is 13.6. The molecule has 1 unspecified atom stereocenters. The van der Waals surface area contributed by atoms with E-state index in [1.165, 1.54) is 19.5 Å². The van der Waals surface area contributed by atoms with Crippen LogP contribution in [0.2, 0.25) is 0 Å². The molecule has 0 aromatic heterocycles. The molecule has 3 aliphatic heterocycles. The van der Waals surface area contributed by atoms with E-state index in [9.17, 15) is 4.79 Å². The van der Waals surface area contributed by atoms with E-state index in [4.69, 9.17) is 9.47 Å². The number of carbonyl (C=O) groups is 1. The molecule has 23 heavy (non-hydrogen) atoms. The molecule has 0 radical (unpaired) electrons. The fourth-order valence-corrected chi connectivity index (χ4v) is 3.89. The van der Waals surface area contributed by atoms with Crippen LogP contribution in [0.5, 0.6) is 11.5 Å². The number of carbonyl (C=O) groups excluding carboxylic acids is 1. The quantitative estimate of drug-likeness (QED) is 0.927. The van der Waals surface area contributed by atoms with Gasteiger partial charge in [-0.05, 0) is 49.9 Å². The largest absolute Gasteiger partial charge is 0.486 e. The van der Waals surface area contributed by atoms with E-state index in [1.807, 2.05) is 12.1 Å². The van der Waals surface area contributed by atoms with E-state index < -0.39 is 0 Å². The van der Waals surface area contributed by atoms with Gasteiger partial charge in [0.15, 0.2) is 11.5 Å². The molecule has 2 bridgehead atoms. The first-order valence-corrected chi connectivity index (χ1v) is 8.68. The fourth-order valence-electron chi connectivity index (χ4n) is 3.89. The Bertz CT molecular complexity index is 592. The Morgan fingerprint density at radius 1 is 1.35 bits per heavy atom. The number of hydrogen-bond acceptors (Lipinski definition) is 4. The maximum Gasteiger partial charge on any atom is 0.251 e. The maximum atomic E-state index is 12.5. The van der Waals surface area contributed by atoms with Gasteiger partial charge < -0.3 is 19.7 Å². The minimum atomic E-state index is -0.0125. The monoisotopic (exact) mass is 316 g/mol. The van der Waals surface area contributed by atoms with Gasteiger partial charge in [0.05, 0.1) is 0 Å². The van der Waals surface area contributed by atoms with Crippen molar-refractivity contribution in [2.75, 3.05) is 26.2 Å². The Kier molecular flexibility index (Phi) is 3.89. The van der Waals surface area contributed by atoms with Crippen molar-refractivity contribution < 1.29 is 14.3 Å². The number of ether oxygens (including phenoxy) is 2. The molecule has 0 aliphatic carbocycles. The first-order valence-electron chi connectivity index (χ1n) is 8.68. The molecule has 5 heteroatoms. The van der Waals surface area contributed by atoms with E-state index >= 15 is 0 Å². The van der Waals surface area contributed by atoms with Gasteiger partial charge in [0.1, 0.15) is 12.7 Å². The second-order valence-electron chi connectivity index (χ2n) is 6.94. The van der Waals surface area contributed by atoms with Gasteiger partial charge >= 0.3 is 0 Å². The highest BCUT2D eigenvalue weighted by atomic mass is 16.6. The molecule has 3 heterocycles. The highest BCUT2D eigenvalue weighted by Crippen LogP contribution is 2.33. The number of fused-ring (bicyclic) bond motifs is 3. The molecule has 2 saturated heterocycles. The molecule has 1 aromatic carbocycles. The van der Waals surface area contributed by atoms with Crippen molar-refractivity contribution in [1.82, 2.24) is 10.2 Å². The van der Waals surface area contributed by atoms with Crippen LogP contribution >= 0.6 is 0 Å². The third kappa shape index (κ3) is 3.02. The summed E-state index contributed by atoms with van der Waals surface area (Å²) in [4.78, 5) is 15.0. The number of nitrogens with zero attached hydrogens (tertiary/aromatic N) is 1. The minimum Gasteiger partial charge on any atom is -0.486 e. The molecule has 2 fully saturated rings. The van der Waals surface area contributed by atoms with Gasteiger partial charge in [0, 0.05) is 24.7 Å². The molecule has 3 aliphatic rings. The van der Waals surface area contributed by atoms with Crippen LogP contribution in [0.25, 0.3) is 0 Å². The van der Waals surface area contributed by atoms with Crippen LogP contribution in [0.1, 0.15) is 36.5 Å². The van der Waals surface area contributed by atoms with Crippen LogP contribution in [-0.2, 0) is 0 Å². The standard InChI is InChI=1S/C18H24N2O3/c1-2-15-11-22-17-8-13(3-4-16(17)23-15)18(21)19-14-7-12-5-6-20(9-12)10-14/h3-4,8,12,14-15H,2,5-7,9-11H2,1H3,(H,19,21)/t12-,14+,15-/m0/s1. The highest BCUT2D eigenvalue weighted by molar-refractivity contribution is 5.95. The second-order valence-corrected chi connectivity index (χ2v) is 6.94. The lowest BCUT2D eigenvalue weighted by atomic mass is 9.96. The lowest BCUT2D eigenvalue weighted by Gasteiger charge is -2.30. The van der Waals surface area contributed by atoms with Crippen molar-refractivity contribution in [1.29, 1.82) is 0 Å². The number of nitrogens with one attached hydrogen (secondary N) is 1. The zero-order valence-electron chi connectivity index (χ0n) is 13.6. The molecule has 0 saturated carbocycles. The number of piperidine rings is 1. The Morgan fingerprint density at radius 2 is 2.26 bits per heavy atom. The van der Waals surface area contributed by atoms with Crippen LogP contribution in [0, 0.1) is 5.92 Å². The Hall–Kier alpha value is -1.75. The van der Waals surface area contributed by atoms with Crippen molar-refractivity contribution in [3.63, 3.8) is 0 Å². The molecule has 0 spiro atoms. The van der Waals surface area contributed by atoms with Gasteiger partial charge in [-0.25, -0.2) is 0 Å². The summed E-state index contributed by atoms with van der Waals surface area (Å²) in [5, 5.41) is 3.19. The number of amides is 1. The Morgan fingerprint density at radius 3 is 3.09 bits per heavy atom. The van der Waals surface area contributed by atoms with Crippen LogP contribution in [-0.4, -0.2) is 49.2 Å². The van der Waals surface area contributed by atoms with E-state index in [-0.39, 0.29) is 18.1 Å². The minimum absolute atomic E-state index is 0.0125. The van der Waals surface area contributed by atoms with Crippen LogP contribution < -0.4 is 14.8 Å². The first-order chi connectivity index (χ1) is 11.2. The summed E-state index contributed by atoms with van der Waals surface area (Å²) in [7, 11) is 0. The molecule has 1 amide bonds. The van der Waals surface area contributed by atoms with Crippen LogP contribution in [0.15, 0.2) is 18.2 Å². The molecule has 1 N–H and O–H groups in total. The van der Waals surface area contributed by atoms with Gasteiger partial charge in [-0.15, -0.1) is 0 Å². The summed E-state index contributed by atoms with van der Waals surface area (Å²) in [5.74, 6) is 2.15. The number of hydrogen-bond donors (Lipinski definition) is 1. The molecule has 4 rings (SSSR count). The zero-order chi connectivity index (χ0) is 15.8. The molecule has 5 nitrogen and oxygen atoms in total. The third-order valence-electron chi connectivity index (χ3n) is 5.18. The number of rotatable bonds is 3. The van der Waals surface area contributed by atoms with Crippen molar-refractivity contribution in [2.45, 2.75) is 38.3 Å². The fraction of sp³-hybridized carbons (Fsp3) is 0.611. The molecule has 1 aromatic rings. The van der Waals surface area contributed by atoms with Gasteiger partial charge in [0.2, 0.25) is 0 Å². The molecule has 4 atom stereocenters. The topological polar surface area (TPSA) is 50.8 Å². The summed E-state index contributed by atoms with van der Waals surface area (Å²) in [6.45, 7) is 5.99.